The van der Waals surface area contributed by atoms with Crippen molar-refractivity contribution in [2.75, 3.05) is 40.3 Å². The molecule has 2 rings (SSSR count). The summed E-state index contributed by atoms with van der Waals surface area (Å²) in [5.41, 5.74) is 1.03. The topological polar surface area (TPSA) is 86.7 Å². The quantitative estimate of drug-likeness (QED) is 0.740. The number of hydrogen-bond donors (Lipinski definition) is 0. The van der Waals surface area contributed by atoms with Crippen molar-refractivity contribution in [3.8, 4) is 0 Å². The number of rotatable bonds is 3. The number of nitrogens with zero attached hydrogens (tertiary/aromatic N) is 5. The standard InChI is InChI=1S/C12H19N5O3S/c1-10-8-14-11(9-13-10)12(18)16-4-6-17(7-5-16)21(19,20)15(2)3/h8-9H,4-7H2,1-3H3. The summed E-state index contributed by atoms with van der Waals surface area (Å²) in [6.07, 6.45) is 2.99. The predicted molar refractivity (Wildman–Crippen MR) is 76.9 cm³/mol. The molecule has 8 nitrogen and oxygen atoms in total. The molecule has 0 atom stereocenters. The molecule has 21 heavy (non-hydrogen) atoms. The largest absolute Gasteiger partial charge is 0.335 e. The van der Waals surface area contributed by atoms with Crippen molar-refractivity contribution >= 4 is 16.1 Å². The van der Waals surface area contributed by atoms with Gasteiger partial charge < -0.3 is 4.90 Å². The molecule has 1 saturated heterocycles. The molecule has 1 aromatic rings. The van der Waals surface area contributed by atoms with Crippen molar-refractivity contribution in [1.82, 2.24) is 23.5 Å². The predicted octanol–water partition coefficient (Wildman–Crippen LogP) is -0.651. The van der Waals surface area contributed by atoms with Crippen LogP contribution in [-0.2, 0) is 10.2 Å². The van der Waals surface area contributed by atoms with E-state index in [2.05, 4.69) is 9.97 Å². The van der Waals surface area contributed by atoms with Gasteiger partial charge in [-0.1, -0.05) is 0 Å². The van der Waals surface area contributed by atoms with E-state index in [9.17, 15) is 13.2 Å². The highest BCUT2D eigenvalue weighted by molar-refractivity contribution is 7.86. The minimum absolute atomic E-state index is 0.218. The maximum atomic E-state index is 12.2. The van der Waals surface area contributed by atoms with Crippen molar-refractivity contribution in [2.45, 2.75) is 6.92 Å². The summed E-state index contributed by atoms with van der Waals surface area (Å²) in [6, 6.07) is 0. The highest BCUT2D eigenvalue weighted by Crippen LogP contribution is 2.11. The van der Waals surface area contributed by atoms with E-state index in [0.29, 0.717) is 13.1 Å². The molecule has 116 valence electrons. The smallest absolute Gasteiger partial charge is 0.281 e. The average molecular weight is 313 g/mol. The second-order valence-corrected chi connectivity index (χ2v) is 7.17. The van der Waals surface area contributed by atoms with E-state index in [1.165, 1.54) is 28.9 Å². The van der Waals surface area contributed by atoms with Crippen LogP contribution < -0.4 is 0 Å². The zero-order valence-electron chi connectivity index (χ0n) is 12.4. The first-order valence-electron chi connectivity index (χ1n) is 6.58. The van der Waals surface area contributed by atoms with Gasteiger partial charge >= 0.3 is 0 Å². The Kier molecular flexibility index (Phi) is 4.55. The van der Waals surface area contributed by atoms with Gasteiger partial charge in [-0.25, -0.2) is 4.98 Å². The number of carbonyl (C=O) groups is 1. The molecule has 0 N–H and O–H groups in total. The fourth-order valence-electron chi connectivity index (χ4n) is 2.02. The summed E-state index contributed by atoms with van der Waals surface area (Å²) < 4.78 is 26.5. The second-order valence-electron chi connectivity index (χ2n) is 5.02. The Morgan fingerprint density at radius 3 is 2.24 bits per heavy atom. The van der Waals surface area contributed by atoms with Crippen LogP contribution in [0.4, 0.5) is 0 Å². The maximum absolute atomic E-state index is 12.2. The molecule has 1 amide bonds. The third-order valence-electron chi connectivity index (χ3n) is 3.31. The van der Waals surface area contributed by atoms with Gasteiger partial charge in [-0.15, -0.1) is 0 Å². The first-order valence-corrected chi connectivity index (χ1v) is 7.97. The van der Waals surface area contributed by atoms with E-state index in [1.807, 2.05) is 0 Å². The second kappa shape index (κ2) is 6.04. The van der Waals surface area contributed by atoms with E-state index >= 15 is 0 Å². The Hall–Kier alpha value is -1.58. The first kappa shape index (κ1) is 15.8. The van der Waals surface area contributed by atoms with Gasteiger partial charge in [0.2, 0.25) is 0 Å². The normalized spacial score (nSPS) is 17.2. The van der Waals surface area contributed by atoms with Gasteiger partial charge in [0, 0.05) is 46.5 Å². The fraction of sp³-hybridized carbons (Fsp3) is 0.583. The monoisotopic (exact) mass is 313 g/mol. The summed E-state index contributed by atoms with van der Waals surface area (Å²) >= 11 is 0. The Bertz CT molecular complexity index is 606. The van der Waals surface area contributed by atoms with E-state index in [1.54, 1.807) is 18.0 Å². The lowest BCUT2D eigenvalue weighted by atomic mass is 10.3. The molecule has 0 spiro atoms. The SMILES string of the molecule is Cc1cnc(C(=O)N2CCN(S(=O)(=O)N(C)C)CC2)cn1. The third-order valence-corrected chi connectivity index (χ3v) is 5.25. The molecule has 0 bridgehead atoms. The summed E-state index contributed by atoms with van der Waals surface area (Å²) in [4.78, 5) is 21.9. The zero-order chi connectivity index (χ0) is 15.6. The van der Waals surface area contributed by atoms with Crippen LogP contribution in [-0.4, -0.2) is 78.1 Å². The Balaban J connectivity index is 2.01. The van der Waals surface area contributed by atoms with E-state index in [4.69, 9.17) is 0 Å². The molecular formula is C12H19N5O3S. The van der Waals surface area contributed by atoms with Crippen LogP contribution >= 0.6 is 0 Å². The number of piperazine rings is 1. The summed E-state index contributed by atoms with van der Waals surface area (Å²) in [6.45, 7) is 3.06. The van der Waals surface area contributed by atoms with Crippen LogP contribution in [0.2, 0.25) is 0 Å². The van der Waals surface area contributed by atoms with Crippen LogP contribution in [0, 0.1) is 6.92 Å². The van der Waals surface area contributed by atoms with Gasteiger partial charge in [0.15, 0.2) is 0 Å². The number of aromatic nitrogens is 2. The molecule has 0 unspecified atom stereocenters. The van der Waals surface area contributed by atoms with Gasteiger partial charge in [0.1, 0.15) is 5.69 Å². The average Bonchev–Trinajstić information content (AvgIpc) is 2.47. The van der Waals surface area contributed by atoms with E-state index in [0.717, 1.165) is 5.69 Å². The Morgan fingerprint density at radius 2 is 1.76 bits per heavy atom. The number of aryl methyl sites for hydroxylation is 1. The summed E-state index contributed by atoms with van der Waals surface area (Å²) in [5.74, 6) is -0.218. The summed E-state index contributed by atoms with van der Waals surface area (Å²) in [7, 11) is -0.429. The minimum Gasteiger partial charge on any atom is -0.335 e. The van der Waals surface area contributed by atoms with Crippen LogP contribution in [0.25, 0.3) is 0 Å². The molecule has 1 aromatic heterocycles. The third kappa shape index (κ3) is 3.36. The number of amides is 1. The van der Waals surface area contributed by atoms with E-state index < -0.39 is 10.2 Å². The molecule has 1 aliphatic heterocycles. The van der Waals surface area contributed by atoms with Crippen molar-refractivity contribution in [3.63, 3.8) is 0 Å². The number of carbonyl (C=O) groups excluding carboxylic acids is 1. The molecule has 9 heteroatoms. The Morgan fingerprint density at radius 1 is 1.14 bits per heavy atom. The molecule has 2 heterocycles. The molecular weight excluding hydrogens is 294 g/mol. The van der Waals surface area contributed by atoms with Gasteiger partial charge in [0.25, 0.3) is 16.1 Å². The maximum Gasteiger partial charge on any atom is 0.281 e. The molecule has 1 aliphatic rings. The Labute approximate surface area is 124 Å². The lowest BCUT2D eigenvalue weighted by Crippen LogP contribution is -2.53. The van der Waals surface area contributed by atoms with Gasteiger partial charge in [0.05, 0.1) is 11.9 Å². The zero-order valence-corrected chi connectivity index (χ0v) is 13.2. The molecule has 0 saturated carbocycles. The molecule has 1 fully saturated rings. The molecule has 0 radical (unpaired) electrons. The van der Waals surface area contributed by atoms with Gasteiger partial charge in [-0.2, -0.15) is 17.0 Å². The van der Waals surface area contributed by atoms with Crippen LogP contribution in [0.1, 0.15) is 16.2 Å². The first-order chi connectivity index (χ1) is 9.82. The lowest BCUT2D eigenvalue weighted by Gasteiger charge is -2.34. The van der Waals surface area contributed by atoms with Crippen molar-refractivity contribution in [3.05, 3.63) is 23.8 Å². The van der Waals surface area contributed by atoms with Crippen LogP contribution in [0.3, 0.4) is 0 Å². The van der Waals surface area contributed by atoms with Crippen LogP contribution in [0.5, 0.6) is 0 Å². The summed E-state index contributed by atoms with van der Waals surface area (Å²) in [5, 5.41) is 0. The highest BCUT2D eigenvalue weighted by atomic mass is 32.2. The van der Waals surface area contributed by atoms with Gasteiger partial charge in [-0.3, -0.25) is 9.78 Å². The van der Waals surface area contributed by atoms with Crippen molar-refractivity contribution in [2.24, 2.45) is 0 Å². The molecule has 0 aliphatic carbocycles. The van der Waals surface area contributed by atoms with Crippen LogP contribution in [0.15, 0.2) is 12.4 Å². The fourth-order valence-corrected chi connectivity index (χ4v) is 3.10. The van der Waals surface area contributed by atoms with Gasteiger partial charge in [-0.05, 0) is 6.92 Å². The van der Waals surface area contributed by atoms with E-state index in [-0.39, 0.29) is 24.7 Å². The molecule has 0 aromatic carbocycles. The van der Waals surface area contributed by atoms with Crippen molar-refractivity contribution in [1.29, 1.82) is 0 Å². The lowest BCUT2D eigenvalue weighted by molar-refractivity contribution is 0.0689. The number of hydrogen-bond acceptors (Lipinski definition) is 5. The van der Waals surface area contributed by atoms with Crippen molar-refractivity contribution < 1.29 is 13.2 Å². The minimum atomic E-state index is -3.42. The highest BCUT2D eigenvalue weighted by Gasteiger charge is 2.30.